The van der Waals surface area contributed by atoms with Crippen LogP contribution in [0.1, 0.15) is 37.1 Å². The Kier molecular flexibility index (Phi) is 4.06. The average molecular weight is 317 g/mol. The Labute approximate surface area is 133 Å². The van der Waals surface area contributed by atoms with Gasteiger partial charge in [0.2, 0.25) is 5.91 Å². The van der Waals surface area contributed by atoms with E-state index in [9.17, 15) is 4.79 Å². The second-order valence-electron chi connectivity index (χ2n) is 5.56. The van der Waals surface area contributed by atoms with Gasteiger partial charge in [0.05, 0.1) is 16.3 Å². The summed E-state index contributed by atoms with van der Waals surface area (Å²) in [6.45, 7) is 5.08. The maximum Gasteiger partial charge on any atom is 0.219 e. The molecule has 1 amide bonds. The molecule has 0 spiro atoms. The number of nitrogens with zero attached hydrogens (tertiary/aromatic N) is 4. The third kappa shape index (κ3) is 2.81. The van der Waals surface area contributed by atoms with Gasteiger partial charge in [0.15, 0.2) is 5.13 Å². The zero-order valence-corrected chi connectivity index (χ0v) is 13.6. The van der Waals surface area contributed by atoms with Crippen LogP contribution in [0, 0.1) is 6.92 Å². The van der Waals surface area contributed by atoms with Crippen molar-refractivity contribution in [3.8, 4) is 10.6 Å². The first-order valence-corrected chi connectivity index (χ1v) is 8.17. The molecule has 2 aromatic rings. The second-order valence-corrected chi connectivity index (χ2v) is 6.59. The zero-order valence-electron chi connectivity index (χ0n) is 12.7. The second kappa shape index (κ2) is 6.00. The van der Waals surface area contributed by atoms with Crippen molar-refractivity contribution in [2.24, 2.45) is 0 Å². The molecule has 6 nitrogen and oxygen atoms in total. The Morgan fingerprint density at radius 3 is 2.86 bits per heavy atom. The fourth-order valence-electron chi connectivity index (χ4n) is 2.95. The van der Waals surface area contributed by atoms with Gasteiger partial charge in [-0.15, -0.1) is 0 Å². The van der Waals surface area contributed by atoms with Crippen LogP contribution in [0.25, 0.3) is 10.6 Å². The first-order chi connectivity index (χ1) is 10.6. The molecule has 3 heterocycles. The van der Waals surface area contributed by atoms with Crippen molar-refractivity contribution in [2.75, 3.05) is 18.8 Å². The van der Waals surface area contributed by atoms with E-state index in [1.165, 1.54) is 11.3 Å². The summed E-state index contributed by atoms with van der Waals surface area (Å²) >= 11 is 1.44. The van der Waals surface area contributed by atoms with Gasteiger partial charge in [0, 0.05) is 38.3 Å². The average Bonchev–Trinajstić information content (AvgIpc) is 2.86. The molecule has 3 rings (SSSR count). The van der Waals surface area contributed by atoms with Gasteiger partial charge in [-0.1, -0.05) is 11.3 Å². The first kappa shape index (κ1) is 14.9. The number of carbonyl (C=O) groups excluding carboxylic acids is 1. The van der Waals surface area contributed by atoms with Gasteiger partial charge >= 0.3 is 0 Å². The van der Waals surface area contributed by atoms with Gasteiger partial charge in [-0.3, -0.25) is 14.8 Å². The number of thiazole rings is 1. The topological polar surface area (TPSA) is 85.0 Å². The molecule has 1 atom stereocenters. The van der Waals surface area contributed by atoms with Crippen LogP contribution in [0.5, 0.6) is 0 Å². The molecule has 1 saturated heterocycles. The van der Waals surface area contributed by atoms with Crippen molar-refractivity contribution < 1.29 is 4.79 Å². The third-order valence-electron chi connectivity index (χ3n) is 4.01. The molecule has 0 unspecified atom stereocenters. The minimum Gasteiger partial charge on any atom is -0.375 e. The number of anilines is 1. The van der Waals surface area contributed by atoms with Gasteiger partial charge in [-0.2, -0.15) is 0 Å². The number of piperidine rings is 1. The number of aromatic nitrogens is 3. The molecule has 0 bridgehead atoms. The number of likely N-dealkylation sites (tertiary alicyclic amines) is 1. The maximum absolute atomic E-state index is 11.7. The van der Waals surface area contributed by atoms with Crippen molar-refractivity contribution in [1.29, 1.82) is 0 Å². The summed E-state index contributed by atoms with van der Waals surface area (Å²) in [4.78, 5) is 27.9. The van der Waals surface area contributed by atoms with Crippen molar-refractivity contribution >= 4 is 22.4 Å². The molecule has 2 aromatic heterocycles. The van der Waals surface area contributed by atoms with Crippen LogP contribution < -0.4 is 5.73 Å². The molecule has 22 heavy (non-hydrogen) atoms. The number of rotatable bonds is 2. The van der Waals surface area contributed by atoms with Gasteiger partial charge in [-0.05, 0) is 19.8 Å². The predicted octanol–water partition coefficient (Wildman–Crippen LogP) is 2.22. The van der Waals surface area contributed by atoms with E-state index in [-0.39, 0.29) is 11.8 Å². The van der Waals surface area contributed by atoms with Crippen LogP contribution in [-0.2, 0) is 4.79 Å². The largest absolute Gasteiger partial charge is 0.375 e. The lowest BCUT2D eigenvalue weighted by Gasteiger charge is -2.32. The first-order valence-electron chi connectivity index (χ1n) is 7.36. The third-order valence-corrected chi connectivity index (χ3v) is 5.00. The molecular formula is C15H19N5OS. The highest BCUT2D eigenvalue weighted by Crippen LogP contribution is 2.36. The van der Waals surface area contributed by atoms with Crippen molar-refractivity contribution in [2.45, 2.75) is 32.6 Å². The molecule has 1 fully saturated rings. The van der Waals surface area contributed by atoms with Gasteiger partial charge < -0.3 is 10.6 Å². The van der Waals surface area contributed by atoms with E-state index < -0.39 is 0 Å². The van der Waals surface area contributed by atoms with Gasteiger partial charge in [0.25, 0.3) is 0 Å². The number of carbonyl (C=O) groups is 1. The van der Waals surface area contributed by atoms with Crippen LogP contribution in [0.2, 0.25) is 0 Å². The molecule has 1 aliphatic heterocycles. The highest BCUT2D eigenvalue weighted by Gasteiger charge is 2.27. The highest BCUT2D eigenvalue weighted by atomic mass is 32.1. The molecule has 0 aliphatic carbocycles. The van der Waals surface area contributed by atoms with Crippen LogP contribution in [-0.4, -0.2) is 38.8 Å². The number of hydrogen-bond donors (Lipinski definition) is 1. The summed E-state index contributed by atoms with van der Waals surface area (Å²) in [6.07, 6.45) is 5.41. The Morgan fingerprint density at radius 1 is 1.41 bits per heavy atom. The normalized spacial score (nSPS) is 18.5. The standard InChI is InChI=1S/C15H19N5OS/c1-9-14(22-15(16)19-9)13-12(17-5-6-18-13)11-4-3-7-20(8-11)10(2)21/h5-6,11H,3-4,7-8H2,1-2H3,(H2,16,19)/t11-/m0/s1. The number of nitrogen functional groups attached to an aromatic ring is 1. The van der Waals surface area contributed by atoms with Gasteiger partial charge in [-0.25, -0.2) is 4.98 Å². The van der Waals surface area contributed by atoms with Crippen molar-refractivity contribution in [3.63, 3.8) is 0 Å². The summed E-state index contributed by atoms with van der Waals surface area (Å²) in [7, 11) is 0. The molecular weight excluding hydrogens is 298 g/mol. The Balaban J connectivity index is 1.98. The molecule has 7 heteroatoms. The summed E-state index contributed by atoms with van der Waals surface area (Å²) in [5, 5.41) is 0.540. The molecule has 0 saturated carbocycles. The van der Waals surface area contributed by atoms with E-state index in [1.807, 2.05) is 11.8 Å². The van der Waals surface area contributed by atoms with Crippen molar-refractivity contribution in [1.82, 2.24) is 19.9 Å². The smallest absolute Gasteiger partial charge is 0.219 e. The van der Waals surface area contributed by atoms with Gasteiger partial charge in [0.1, 0.15) is 5.69 Å². The SMILES string of the molecule is CC(=O)N1CCC[C@H](c2nccnc2-c2sc(N)nc2C)C1. The van der Waals surface area contributed by atoms with E-state index in [0.717, 1.165) is 41.3 Å². The maximum atomic E-state index is 11.7. The van der Waals surface area contributed by atoms with E-state index >= 15 is 0 Å². The minimum absolute atomic E-state index is 0.119. The van der Waals surface area contributed by atoms with Crippen LogP contribution in [0.15, 0.2) is 12.4 Å². The molecule has 1 aliphatic rings. The zero-order chi connectivity index (χ0) is 15.7. The van der Waals surface area contributed by atoms with Crippen molar-refractivity contribution in [3.05, 3.63) is 23.8 Å². The number of amides is 1. The number of aryl methyl sites for hydroxylation is 1. The van der Waals surface area contributed by atoms with Crippen LogP contribution >= 0.6 is 11.3 Å². The summed E-state index contributed by atoms with van der Waals surface area (Å²) in [6, 6.07) is 0. The quantitative estimate of drug-likeness (QED) is 0.918. The molecule has 116 valence electrons. The van der Waals surface area contributed by atoms with E-state index in [4.69, 9.17) is 5.73 Å². The van der Waals surface area contributed by atoms with Crippen LogP contribution in [0.3, 0.4) is 0 Å². The lowest BCUT2D eigenvalue weighted by molar-refractivity contribution is -0.130. The molecule has 0 radical (unpaired) electrons. The summed E-state index contributed by atoms with van der Waals surface area (Å²) in [5.74, 6) is 0.331. The lowest BCUT2D eigenvalue weighted by Crippen LogP contribution is -2.38. The van der Waals surface area contributed by atoms with E-state index in [2.05, 4.69) is 15.0 Å². The molecule has 0 aromatic carbocycles. The fourth-order valence-corrected chi connectivity index (χ4v) is 3.78. The fraction of sp³-hybridized carbons (Fsp3) is 0.467. The minimum atomic E-state index is 0.119. The Bertz CT molecular complexity index is 699. The van der Waals surface area contributed by atoms with E-state index in [0.29, 0.717) is 11.7 Å². The summed E-state index contributed by atoms with van der Waals surface area (Å²) in [5.41, 5.74) is 8.49. The Morgan fingerprint density at radius 2 is 2.18 bits per heavy atom. The predicted molar refractivity (Wildman–Crippen MR) is 86.5 cm³/mol. The monoisotopic (exact) mass is 317 g/mol. The summed E-state index contributed by atoms with van der Waals surface area (Å²) < 4.78 is 0. The van der Waals surface area contributed by atoms with E-state index in [1.54, 1.807) is 19.3 Å². The van der Waals surface area contributed by atoms with Crippen LogP contribution in [0.4, 0.5) is 5.13 Å². The molecule has 2 N–H and O–H groups in total. The Hall–Kier alpha value is -2.02. The number of nitrogens with two attached hydrogens (primary N) is 1. The number of hydrogen-bond acceptors (Lipinski definition) is 6. The lowest BCUT2D eigenvalue weighted by atomic mass is 9.92. The highest BCUT2D eigenvalue weighted by molar-refractivity contribution is 7.18.